The summed E-state index contributed by atoms with van der Waals surface area (Å²) >= 11 is 0. The number of hydrogen-bond donors (Lipinski definition) is 2. The number of para-hydroxylation sites is 1. The molecule has 2 N–H and O–H groups in total. The van der Waals surface area contributed by atoms with Crippen molar-refractivity contribution in [2.45, 2.75) is 38.1 Å². The van der Waals surface area contributed by atoms with Crippen LogP contribution in [0.2, 0.25) is 0 Å². The molecule has 6 heteroatoms. The van der Waals surface area contributed by atoms with Crippen molar-refractivity contribution in [1.82, 2.24) is 15.3 Å². The number of aromatic nitrogens is 1. The Morgan fingerprint density at radius 1 is 1.03 bits per heavy atom. The van der Waals surface area contributed by atoms with Crippen LogP contribution in [0.4, 0.5) is 4.79 Å². The van der Waals surface area contributed by atoms with E-state index in [0.717, 1.165) is 45.6 Å². The first-order chi connectivity index (χ1) is 14.6. The molecule has 1 saturated heterocycles. The summed E-state index contributed by atoms with van der Waals surface area (Å²) in [5.74, 6) is 0.342. The predicted molar refractivity (Wildman–Crippen MR) is 117 cm³/mol. The summed E-state index contributed by atoms with van der Waals surface area (Å²) in [6, 6.07) is 17.5. The van der Waals surface area contributed by atoms with Gasteiger partial charge in [-0.3, -0.25) is 4.79 Å². The van der Waals surface area contributed by atoms with Gasteiger partial charge in [0.2, 0.25) is 0 Å². The Morgan fingerprint density at radius 3 is 2.50 bits per heavy atom. The summed E-state index contributed by atoms with van der Waals surface area (Å²) < 4.78 is 0. The van der Waals surface area contributed by atoms with Gasteiger partial charge in [0.1, 0.15) is 5.54 Å². The fourth-order valence-electron chi connectivity index (χ4n) is 4.55. The zero-order valence-corrected chi connectivity index (χ0v) is 16.9. The lowest BCUT2D eigenvalue weighted by Crippen LogP contribution is -2.49. The molecule has 1 saturated carbocycles. The lowest BCUT2D eigenvalue weighted by atomic mass is 9.77. The summed E-state index contributed by atoms with van der Waals surface area (Å²) in [7, 11) is 0. The second kappa shape index (κ2) is 7.13. The van der Waals surface area contributed by atoms with Crippen LogP contribution in [0.15, 0.2) is 59.7 Å². The molecule has 0 atom stereocenters. The van der Waals surface area contributed by atoms with Gasteiger partial charge in [-0.2, -0.15) is 5.10 Å². The van der Waals surface area contributed by atoms with E-state index in [9.17, 15) is 9.59 Å². The molecular formula is C24H24N4O2. The van der Waals surface area contributed by atoms with Gasteiger partial charge in [0.05, 0.1) is 11.9 Å². The van der Waals surface area contributed by atoms with Gasteiger partial charge in [-0.1, -0.05) is 55.5 Å². The summed E-state index contributed by atoms with van der Waals surface area (Å²) in [5, 5.41) is 9.28. The second-order valence-electron chi connectivity index (χ2n) is 8.38. The minimum Gasteiger partial charge on any atom is -0.354 e. The highest BCUT2D eigenvalue weighted by Gasteiger charge is 2.52. The van der Waals surface area contributed by atoms with Crippen LogP contribution in [0, 0.1) is 5.92 Å². The van der Waals surface area contributed by atoms with E-state index in [1.807, 2.05) is 54.6 Å². The van der Waals surface area contributed by atoms with Crippen molar-refractivity contribution in [1.29, 1.82) is 0 Å². The summed E-state index contributed by atoms with van der Waals surface area (Å²) in [5.41, 5.74) is 2.98. The largest absolute Gasteiger partial charge is 0.354 e. The van der Waals surface area contributed by atoms with Gasteiger partial charge in [0, 0.05) is 16.5 Å². The number of carbonyl (C=O) groups is 2. The number of hydrazone groups is 1. The van der Waals surface area contributed by atoms with E-state index in [0.29, 0.717) is 18.8 Å². The Balaban J connectivity index is 1.51. The predicted octanol–water partition coefficient (Wildman–Crippen LogP) is 4.67. The lowest BCUT2D eigenvalue weighted by molar-refractivity contribution is -0.132. The Bertz CT molecular complexity index is 1140. The van der Waals surface area contributed by atoms with Crippen LogP contribution in [0.5, 0.6) is 0 Å². The van der Waals surface area contributed by atoms with Crippen LogP contribution < -0.4 is 5.32 Å². The molecule has 0 bridgehead atoms. The molecule has 3 amide bonds. The van der Waals surface area contributed by atoms with E-state index < -0.39 is 11.6 Å². The summed E-state index contributed by atoms with van der Waals surface area (Å²) in [6.45, 7) is 2.19. The molecule has 2 fully saturated rings. The number of hydrogen-bond acceptors (Lipinski definition) is 3. The highest BCUT2D eigenvalue weighted by Crippen LogP contribution is 2.36. The molecule has 30 heavy (non-hydrogen) atoms. The number of nitrogens with one attached hydrogen (secondary N) is 2. The van der Waals surface area contributed by atoms with Gasteiger partial charge >= 0.3 is 6.03 Å². The number of imide groups is 1. The van der Waals surface area contributed by atoms with Gasteiger partial charge in [0.15, 0.2) is 0 Å². The molecule has 0 radical (unpaired) electrons. The third-order valence-electron chi connectivity index (χ3n) is 6.38. The Kier molecular flexibility index (Phi) is 4.42. The highest BCUT2D eigenvalue weighted by molar-refractivity contribution is 6.09. The summed E-state index contributed by atoms with van der Waals surface area (Å²) in [4.78, 5) is 29.1. The van der Waals surface area contributed by atoms with E-state index >= 15 is 0 Å². The minimum atomic E-state index is -0.788. The number of rotatable bonds is 3. The molecule has 152 valence electrons. The molecule has 1 aromatic heterocycles. The van der Waals surface area contributed by atoms with E-state index in [1.165, 1.54) is 0 Å². The maximum absolute atomic E-state index is 13.1. The van der Waals surface area contributed by atoms with Crippen LogP contribution in [0.25, 0.3) is 22.2 Å². The lowest BCUT2D eigenvalue weighted by Gasteiger charge is -2.33. The number of carbonyl (C=O) groups excluding carboxylic acids is 2. The maximum Gasteiger partial charge on any atom is 0.346 e. The SMILES string of the molecule is CC1CCC2(CC1)NC(=O)N(/N=C/c1c(-c3ccccc3)[nH]c3ccccc13)C2=O. The molecule has 1 aliphatic carbocycles. The first kappa shape index (κ1) is 18.6. The first-order valence-electron chi connectivity index (χ1n) is 10.4. The van der Waals surface area contributed by atoms with E-state index in [2.05, 4.69) is 22.3 Å². The normalized spacial score (nSPS) is 24.3. The number of nitrogens with zero attached hydrogens (tertiary/aromatic N) is 2. The molecule has 1 spiro atoms. The van der Waals surface area contributed by atoms with Gasteiger partial charge in [-0.25, -0.2) is 4.79 Å². The van der Waals surface area contributed by atoms with Crippen molar-refractivity contribution in [2.75, 3.05) is 0 Å². The molecule has 1 aliphatic heterocycles. The number of amides is 3. The number of fused-ring (bicyclic) bond motifs is 1. The Labute approximate surface area is 175 Å². The Hall–Kier alpha value is -3.41. The van der Waals surface area contributed by atoms with Crippen molar-refractivity contribution in [3.05, 3.63) is 60.2 Å². The molecule has 3 aromatic rings. The van der Waals surface area contributed by atoms with E-state index in [1.54, 1.807) is 6.21 Å². The monoisotopic (exact) mass is 400 g/mol. The average Bonchev–Trinajstić information content (AvgIpc) is 3.25. The van der Waals surface area contributed by atoms with Crippen molar-refractivity contribution in [2.24, 2.45) is 11.0 Å². The van der Waals surface area contributed by atoms with Crippen molar-refractivity contribution >= 4 is 29.1 Å². The first-order valence-corrected chi connectivity index (χ1v) is 10.4. The van der Waals surface area contributed by atoms with Crippen LogP contribution in [-0.2, 0) is 4.79 Å². The smallest absolute Gasteiger partial charge is 0.346 e. The average molecular weight is 400 g/mol. The molecular weight excluding hydrogens is 376 g/mol. The van der Waals surface area contributed by atoms with Crippen LogP contribution >= 0.6 is 0 Å². The molecule has 2 aromatic carbocycles. The van der Waals surface area contributed by atoms with Gasteiger partial charge < -0.3 is 10.3 Å². The topological polar surface area (TPSA) is 77.6 Å². The Morgan fingerprint density at radius 2 is 1.73 bits per heavy atom. The third-order valence-corrected chi connectivity index (χ3v) is 6.38. The van der Waals surface area contributed by atoms with E-state index in [4.69, 9.17) is 0 Å². The number of H-pyrrole nitrogens is 1. The standard InChI is InChI=1S/C24H24N4O2/c1-16-11-13-24(14-12-16)22(29)28(23(30)27-24)25-15-19-18-9-5-6-10-20(18)26-21(19)17-7-3-2-4-8-17/h2-10,15-16,26H,11-14H2,1H3,(H,27,30)/b25-15+. The molecule has 5 rings (SSSR count). The molecule has 6 nitrogen and oxygen atoms in total. The van der Waals surface area contributed by atoms with E-state index in [-0.39, 0.29) is 5.91 Å². The number of aromatic amines is 1. The second-order valence-corrected chi connectivity index (χ2v) is 8.38. The molecule has 2 aliphatic rings. The highest BCUT2D eigenvalue weighted by atomic mass is 16.2. The number of benzene rings is 2. The third kappa shape index (κ3) is 3.00. The zero-order chi connectivity index (χ0) is 20.7. The fourth-order valence-corrected chi connectivity index (χ4v) is 4.55. The minimum absolute atomic E-state index is 0.239. The quantitative estimate of drug-likeness (QED) is 0.495. The number of urea groups is 1. The van der Waals surface area contributed by atoms with Crippen LogP contribution in [-0.4, -0.2) is 33.7 Å². The van der Waals surface area contributed by atoms with Gasteiger partial charge in [-0.15, -0.1) is 5.01 Å². The summed E-state index contributed by atoms with van der Waals surface area (Å²) in [6.07, 6.45) is 4.84. The molecule has 0 unspecified atom stereocenters. The van der Waals surface area contributed by atoms with Crippen molar-refractivity contribution in [3.8, 4) is 11.3 Å². The van der Waals surface area contributed by atoms with Crippen LogP contribution in [0.1, 0.15) is 38.2 Å². The maximum atomic E-state index is 13.1. The van der Waals surface area contributed by atoms with Gasteiger partial charge in [0.25, 0.3) is 5.91 Å². The molecule has 2 heterocycles. The van der Waals surface area contributed by atoms with Crippen molar-refractivity contribution in [3.63, 3.8) is 0 Å². The fraction of sp³-hybridized carbons (Fsp3) is 0.292. The zero-order valence-electron chi connectivity index (χ0n) is 16.9. The van der Waals surface area contributed by atoms with Crippen LogP contribution in [0.3, 0.4) is 0 Å². The van der Waals surface area contributed by atoms with Crippen molar-refractivity contribution < 1.29 is 9.59 Å². The van der Waals surface area contributed by atoms with Gasteiger partial charge in [-0.05, 0) is 43.2 Å².